The molecule has 0 bridgehead atoms. The summed E-state index contributed by atoms with van der Waals surface area (Å²) in [6, 6.07) is 10.2. The lowest BCUT2D eigenvalue weighted by atomic mass is 10.2. The summed E-state index contributed by atoms with van der Waals surface area (Å²) in [4.78, 5) is 28.1. The molecule has 0 aliphatic carbocycles. The highest BCUT2D eigenvalue weighted by molar-refractivity contribution is 7.92. The SMILES string of the molecule is CCCOC(=O)c1ccc(NS(=O)(=O)c2ccc3[nH]c(=O)[nH]c3c2)cc1. The smallest absolute Gasteiger partial charge is 0.338 e. The Morgan fingerprint density at radius 2 is 1.77 bits per heavy atom. The highest BCUT2D eigenvalue weighted by Crippen LogP contribution is 2.19. The van der Waals surface area contributed by atoms with Gasteiger partial charge in [0.15, 0.2) is 0 Å². The number of nitrogens with one attached hydrogen (secondary N) is 3. The molecule has 0 aliphatic rings. The second kappa shape index (κ2) is 7.04. The minimum absolute atomic E-state index is 0.00619. The summed E-state index contributed by atoms with van der Waals surface area (Å²) in [7, 11) is -3.84. The normalized spacial score (nSPS) is 11.4. The fourth-order valence-electron chi connectivity index (χ4n) is 2.35. The molecule has 9 heteroatoms. The number of hydrogen-bond donors (Lipinski definition) is 3. The first-order valence-electron chi connectivity index (χ1n) is 7.91. The van der Waals surface area contributed by atoms with Crippen LogP contribution in [-0.2, 0) is 14.8 Å². The summed E-state index contributed by atoms with van der Waals surface area (Å²) in [5.74, 6) is -0.455. The van der Waals surface area contributed by atoms with E-state index in [0.29, 0.717) is 28.9 Å². The number of esters is 1. The van der Waals surface area contributed by atoms with Crippen LogP contribution in [0, 0.1) is 0 Å². The summed E-state index contributed by atoms with van der Waals surface area (Å²) < 4.78 is 32.5. The summed E-state index contributed by atoms with van der Waals surface area (Å²) in [6.07, 6.45) is 0.723. The average molecular weight is 375 g/mol. The van der Waals surface area contributed by atoms with Gasteiger partial charge in [-0.15, -0.1) is 0 Å². The van der Waals surface area contributed by atoms with Gasteiger partial charge in [-0.05, 0) is 48.9 Å². The van der Waals surface area contributed by atoms with Crippen molar-refractivity contribution >= 4 is 32.7 Å². The van der Waals surface area contributed by atoms with E-state index in [1.165, 1.54) is 42.5 Å². The molecule has 0 spiro atoms. The van der Waals surface area contributed by atoms with Crippen molar-refractivity contribution in [3.8, 4) is 0 Å². The number of hydrogen-bond acceptors (Lipinski definition) is 5. The topological polar surface area (TPSA) is 121 Å². The van der Waals surface area contributed by atoms with Gasteiger partial charge in [0.25, 0.3) is 10.0 Å². The van der Waals surface area contributed by atoms with Crippen LogP contribution in [0.25, 0.3) is 11.0 Å². The van der Waals surface area contributed by atoms with Crippen molar-refractivity contribution in [2.75, 3.05) is 11.3 Å². The van der Waals surface area contributed by atoms with Gasteiger partial charge in [0.05, 0.1) is 28.1 Å². The van der Waals surface area contributed by atoms with E-state index >= 15 is 0 Å². The maximum atomic E-state index is 12.5. The number of aromatic nitrogens is 2. The number of carbonyl (C=O) groups is 1. The zero-order valence-corrected chi connectivity index (χ0v) is 14.7. The minimum Gasteiger partial charge on any atom is -0.462 e. The molecule has 0 unspecified atom stereocenters. The predicted molar refractivity (Wildman–Crippen MR) is 96.7 cm³/mol. The first-order chi connectivity index (χ1) is 12.4. The fourth-order valence-corrected chi connectivity index (χ4v) is 3.43. The molecule has 3 N–H and O–H groups in total. The third-order valence-electron chi connectivity index (χ3n) is 3.61. The van der Waals surface area contributed by atoms with E-state index in [1.54, 1.807) is 0 Å². The van der Waals surface area contributed by atoms with Crippen LogP contribution in [0.15, 0.2) is 52.2 Å². The molecule has 136 valence electrons. The number of aromatic amines is 2. The van der Waals surface area contributed by atoms with Gasteiger partial charge < -0.3 is 14.7 Å². The second-order valence-electron chi connectivity index (χ2n) is 5.61. The van der Waals surface area contributed by atoms with Crippen molar-refractivity contribution in [2.24, 2.45) is 0 Å². The Labute approximate surface area is 149 Å². The third kappa shape index (κ3) is 3.77. The Morgan fingerprint density at radius 1 is 1.08 bits per heavy atom. The van der Waals surface area contributed by atoms with Gasteiger partial charge in [-0.25, -0.2) is 18.0 Å². The number of rotatable bonds is 6. The van der Waals surface area contributed by atoms with Crippen LogP contribution in [0.1, 0.15) is 23.7 Å². The molecule has 0 fully saturated rings. The van der Waals surface area contributed by atoms with Crippen LogP contribution in [0.5, 0.6) is 0 Å². The lowest BCUT2D eigenvalue weighted by molar-refractivity contribution is 0.0505. The van der Waals surface area contributed by atoms with Crippen molar-refractivity contribution in [3.63, 3.8) is 0 Å². The van der Waals surface area contributed by atoms with Crippen molar-refractivity contribution in [3.05, 3.63) is 58.5 Å². The van der Waals surface area contributed by atoms with Crippen LogP contribution in [0.4, 0.5) is 5.69 Å². The molecule has 0 saturated heterocycles. The average Bonchev–Trinajstić information content (AvgIpc) is 2.99. The zero-order valence-electron chi connectivity index (χ0n) is 13.9. The molecule has 0 atom stereocenters. The van der Waals surface area contributed by atoms with E-state index in [0.717, 1.165) is 6.42 Å². The molecule has 0 aliphatic heterocycles. The number of imidazole rings is 1. The number of sulfonamides is 1. The van der Waals surface area contributed by atoms with Crippen molar-refractivity contribution in [1.82, 2.24) is 9.97 Å². The fraction of sp³-hybridized carbons (Fsp3) is 0.176. The van der Waals surface area contributed by atoms with Crippen molar-refractivity contribution in [1.29, 1.82) is 0 Å². The maximum absolute atomic E-state index is 12.5. The van der Waals surface area contributed by atoms with E-state index in [4.69, 9.17) is 4.74 Å². The predicted octanol–water partition coefficient (Wildman–Crippen LogP) is 2.22. The summed E-state index contributed by atoms with van der Waals surface area (Å²) in [6.45, 7) is 2.22. The number of fused-ring (bicyclic) bond motifs is 1. The molecule has 26 heavy (non-hydrogen) atoms. The van der Waals surface area contributed by atoms with Crippen LogP contribution in [0.2, 0.25) is 0 Å². The highest BCUT2D eigenvalue weighted by atomic mass is 32.2. The van der Waals surface area contributed by atoms with Crippen LogP contribution < -0.4 is 10.4 Å². The lowest BCUT2D eigenvalue weighted by Crippen LogP contribution is -2.13. The van der Waals surface area contributed by atoms with E-state index in [-0.39, 0.29) is 4.90 Å². The first kappa shape index (κ1) is 17.7. The third-order valence-corrected chi connectivity index (χ3v) is 4.99. The highest BCUT2D eigenvalue weighted by Gasteiger charge is 2.16. The Balaban J connectivity index is 1.79. The monoisotopic (exact) mass is 375 g/mol. The second-order valence-corrected chi connectivity index (χ2v) is 7.29. The minimum atomic E-state index is -3.84. The molecule has 8 nitrogen and oxygen atoms in total. The van der Waals surface area contributed by atoms with E-state index < -0.39 is 21.7 Å². The van der Waals surface area contributed by atoms with Gasteiger partial charge >= 0.3 is 11.7 Å². The van der Waals surface area contributed by atoms with Gasteiger partial charge in [-0.2, -0.15) is 0 Å². The molecular formula is C17H17N3O5S. The largest absolute Gasteiger partial charge is 0.462 e. The van der Waals surface area contributed by atoms with Crippen LogP contribution in [-0.4, -0.2) is 31.0 Å². The van der Waals surface area contributed by atoms with Crippen molar-refractivity contribution in [2.45, 2.75) is 18.2 Å². The summed E-state index contributed by atoms with van der Waals surface area (Å²) >= 11 is 0. The zero-order chi connectivity index (χ0) is 18.7. The Kier molecular flexibility index (Phi) is 4.81. The maximum Gasteiger partial charge on any atom is 0.338 e. The lowest BCUT2D eigenvalue weighted by Gasteiger charge is -2.09. The van der Waals surface area contributed by atoms with Gasteiger partial charge in [0.2, 0.25) is 0 Å². The molecule has 3 rings (SSSR count). The van der Waals surface area contributed by atoms with Gasteiger partial charge in [0.1, 0.15) is 0 Å². The number of carbonyl (C=O) groups excluding carboxylic acids is 1. The molecule has 3 aromatic rings. The quantitative estimate of drug-likeness (QED) is 0.571. The van der Waals surface area contributed by atoms with Crippen LogP contribution >= 0.6 is 0 Å². The Bertz CT molecular complexity index is 1100. The van der Waals surface area contributed by atoms with Gasteiger partial charge in [0, 0.05) is 5.69 Å². The molecule has 2 aromatic carbocycles. The number of anilines is 1. The molecule has 1 aromatic heterocycles. The Hall–Kier alpha value is -3.07. The number of benzene rings is 2. The van der Waals surface area contributed by atoms with E-state index in [9.17, 15) is 18.0 Å². The molecule has 0 amide bonds. The molecule has 0 radical (unpaired) electrons. The number of ether oxygens (including phenoxy) is 1. The number of H-pyrrole nitrogens is 2. The van der Waals surface area contributed by atoms with Crippen molar-refractivity contribution < 1.29 is 17.9 Å². The molecule has 0 saturated carbocycles. The van der Waals surface area contributed by atoms with Crippen LogP contribution in [0.3, 0.4) is 0 Å². The first-order valence-corrected chi connectivity index (χ1v) is 9.39. The Morgan fingerprint density at radius 3 is 2.46 bits per heavy atom. The van der Waals surface area contributed by atoms with E-state index in [2.05, 4.69) is 14.7 Å². The molecule has 1 heterocycles. The summed E-state index contributed by atoms with van der Waals surface area (Å²) in [5, 5.41) is 0. The molecular weight excluding hydrogens is 358 g/mol. The van der Waals surface area contributed by atoms with Gasteiger partial charge in [-0.1, -0.05) is 6.92 Å². The standard InChI is InChI=1S/C17H17N3O5S/c1-2-9-25-16(21)11-3-5-12(6-4-11)20-26(23,24)13-7-8-14-15(10-13)19-17(22)18-14/h3-8,10,20H,2,9H2,1H3,(H2,18,19,22). The van der Waals surface area contributed by atoms with E-state index in [1.807, 2.05) is 6.92 Å². The summed E-state index contributed by atoms with van der Waals surface area (Å²) in [5.41, 5.74) is 1.15. The van der Waals surface area contributed by atoms with Gasteiger partial charge in [-0.3, -0.25) is 4.72 Å².